The van der Waals surface area contributed by atoms with E-state index in [1.165, 1.54) is 13.8 Å². The fraction of sp³-hybridized carbons (Fsp3) is 0.333. The molecule has 0 saturated carbocycles. The van der Waals surface area contributed by atoms with Gasteiger partial charge in [0.1, 0.15) is 36.5 Å². The van der Waals surface area contributed by atoms with E-state index < -0.39 is 20.5 Å². The molecule has 128 valence electrons. The lowest BCUT2D eigenvalue weighted by molar-refractivity contribution is 0.0914. The molecule has 24 heavy (non-hydrogen) atoms. The summed E-state index contributed by atoms with van der Waals surface area (Å²) in [6, 6.07) is 16.0. The highest BCUT2D eigenvalue weighted by Gasteiger charge is 2.18. The van der Waals surface area contributed by atoms with E-state index in [0.29, 0.717) is 17.1 Å². The smallest absolute Gasteiger partial charge is 0.327 e. The third-order valence-electron chi connectivity index (χ3n) is 3.35. The van der Waals surface area contributed by atoms with Gasteiger partial charge >= 0.3 is 8.69 Å². The van der Waals surface area contributed by atoms with Crippen LogP contribution >= 0.6 is 8.69 Å². The molecule has 4 nitrogen and oxygen atoms in total. The second-order valence-electron chi connectivity index (χ2n) is 5.73. The van der Waals surface area contributed by atoms with Crippen LogP contribution in [0.1, 0.15) is 19.4 Å². The number of hydrogen-bond acceptors (Lipinski definition) is 4. The van der Waals surface area contributed by atoms with Crippen LogP contribution < -0.4 is 9.47 Å². The summed E-state index contributed by atoms with van der Waals surface area (Å²) in [6.07, 6.45) is -0.498. The average molecular weight is 350 g/mol. The first-order valence-corrected chi connectivity index (χ1v) is 8.30. The van der Waals surface area contributed by atoms with Gasteiger partial charge in [0.05, 0.1) is 0 Å². The van der Waals surface area contributed by atoms with Crippen molar-refractivity contribution in [1.29, 1.82) is 0 Å². The molecular formula is C18H20FO4P. The average Bonchev–Trinajstić information content (AvgIpc) is 2.58. The van der Waals surface area contributed by atoms with Crippen molar-refractivity contribution in [2.75, 3.05) is 13.2 Å². The van der Waals surface area contributed by atoms with E-state index in [2.05, 4.69) is 0 Å². The first-order chi connectivity index (χ1) is 11.5. The van der Waals surface area contributed by atoms with Crippen LogP contribution in [0.3, 0.4) is 0 Å². The Morgan fingerprint density at radius 3 is 2.00 bits per heavy atom. The third kappa shape index (κ3) is 5.91. The molecule has 2 rings (SSSR count). The second kappa shape index (κ2) is 8.76. The normalized spacial score (nSPS) is 12.8. The van der Waals surface area contributed by atoms with Crippen LogP contribution in [-0.2, 0) is 14.8 Å². The molecule has 6 heteroatoms. The Bertz CT molecular complexity index is 626. The van der Waals surface area contributed by atoms with Crippen LogP contribution in [0.15, 0.2) is 54.6 Å². The van der Waals surface area contributed by atoms with Crippen LogP contribution in [0.5, 0.6) is 11.5 Å². The van der Waals surface area contributed by atoms with Crippen LogP contribution in [0.25, 0.3) is 0 Å². The first kappa shape index (κ1) is 18.4. The number of hydrogen-bond donors (Lipinski definition) is 0. The van der Waals surface area contributed by atoms with E-state index in [-0.39, 0.29) is 13.2 Å². The van der Waals surface area contributed by atoms with Crippen molar-refractivity contribution < 1.29 is 23.0 Å². The largest absolute Gasteiger partial charge is 0.491 e. The molecule has 0 fully saturated rings. The summed E-state index contributed by atoms with van der Waals surface area (Å²) in [4.78, 5) is 0. The first-order valence-electron chi connectivity index (χ1n) is 7.57. The summed E-state index contributed by atoms with van der Waals surface area (Å²) in [6.45, 7) is 3.37. The van der Waals surface area contributed by atoms with Gasteiger partial charge in [-0.05, 0) is 43.7 Å². The summed E-state index contributed by atoms with van der Waals surface area (Å²) < 4.78 is 40.8. The molecule has 0 aromatic heterocycles. The highest BCUT2D eigenvalue weighted by molar-refractivity contribution is 7.17. The second-order valence-corrected chi connectivity index (χ2v) is 6.09. The van der Waals surface area contributed by atoms with Crippen molar-refractivity contribution in [3.05, 3.63) is 60.2 Å². The Hall–Kier alpha value is -1.97. The van der Waals surface area contributed by atoms with E-state index in [1.807, 2.05) is 30.3 Å². The van der Waals surface area contributed by atoms with E-state index in [1.54, 1.807) is 24.3 Å². The van der Waals surface area contributed by atoms with Crippen LogP contribution in [0.4, 0.5) is 4.39 Å². The molecular weight excluding hydrogens is 330 g/mol. The van der Waals surface area contributed by atoms with Gasteiger partial charge in [-0.15, -0.1) is 0 Å². The van der Waals surface area contributed by atoms with E-state index in [0.717, 1.165) is 0 Å². The molecule has 0 saturated heterocycles. The number of ether oxygens (including phenoxy) is 2. The minimum Gasteiger partial charge on any atom is -0.491 e. The van der Waals surface area contributed by atoms with Gasteiger partial charge in [0.2, 0.25) is 0 Å². The Morgan fingerprint density at radius 2 is 1.50 bits per heavy atom. The predicted molar refractivity (Wildman–Crippen MR) is 90.5 cm³/mol. The van der Waals surface area contributed by atoms with E-state index in [4.69, 9.17) is 14.0 Å². The van der Waals surface area contributed by atoms with Gasteiger partial charge in [-0.1, -0.05) is 30.3 Å². The zero-order valence-electron chi connectivity index (χ0n) is 13.6. The lowest BCUT2D eigenvalue weighted by Crippen LogP contribution is -2.26. The molecule has 0 spiro atoms. The fourth-order valence-electron chi connectivity index (χ4n) is 2.01. The quantitative estimate of drug-likeness (QED) is 0.601. The molecule has 0 amide bonds. The number of alkyl halides is 1. The summed E-state index contributed by atoms with van der Waals surface area (Å²) in [5.74, 6) is 1.28. The van der Waals surface area contributed by atoms with Crippen molar-refractivity contribution in [1.82, 2.24) is 0 Å². The van der Waals surface area contributed by atoms with Crippen molar-refractivity contribution in [2.24, 2.45) is 0 Å². The lowest BCUT2D eigenvalue weighted by Gasteiger charge is -2.17. The van der Waals surface area contributed by atoms with Crippen LogP contribution in [0, 0.1) is 0 Å². The molecule has 0 aliphatic carbocycles. The number of benzene rings is 2. The molecule has 0 radical (unpaired) electrons. The van der Waals surface area contributed by atoms with Gasteiger partial charge in [-0.25, -0.2) is 8.96 Å². The molecule has 0 aliphatic heterocycles. The third-order valence-corrected chi connectivity index (χ3v) is 3.73. The van der Waals surface area contributed by atoms with Crippen LogP contribution in [-0.4, -0.2) is 19.3 Å². The van der Waals surface area contributed by atoms with Gasteiger partial charge in [-0.2, -0.15) is 0 Å². The molecule has 2 aromatic rings. The van der Waals surface area contributed by atoms with Gasteiger partial charge in [-0.3, -0.25) is 4.52 Å². The maximum atomic E-state index is 13.8. The predicted octanol–water partition coefficient (Wildman–Crippen LogP) is 4.94. The Kier molecular flexibility index (Phi) is 6.71. The summed E-state index contributed by atoms with van der Waals surface area (Å²) >= 11 is 0. The fourth-order valence-corrected chi connectivity index (χ4v) is 2.26. The standard InChI is InChI=1S/C18H20FO4P/c1-18(2,19)14-8-10-16(11-9-14)22-13-17(23-24-20)12-21-15-6-4-3-5-7-15/h3-11,17H,12-13H2,1-2H3. The summed E-state index contributed by atoms with van der Waals surface area (Å²) in [7, 11) is -0.435. The van der Waals surface area contributed by atoms with Gasteiger partial charge in [0.25, 0.3) is 0 Å². The van der Waals surface area contributed by atoms with Crippen LogP contribution in [0.2, 0.25) is 0 Å². The zero-order valence-corrected chi connectivity index (χ0v) is 14.5. The van der Waals surface area contributed by atoms with Crippen molar-refractivity contribution >= 4 is 8.69 Å². The van der Waals surface area contributed by atoms with E-state index >= 15 is 0 Å². The zero-order chi connectivity index (χ0) is 17.4. The maximum Gasteiger partial charge on any atom is 0.327 e. The van der Waals surface area contributed by atoms with Crippen molar-refractivity contribution in [3.63, 3.8) is 0 Å². The maximum absolute atomic E-state index is 13.8. The molecule has 2 aromatic carbocycles. The number of rotatable bonds is 9. The highest BCUT2D eigenvalue weighted by atomic mass is 31.1. The molecule has 1 unspecified atom stereocenters. The Balaban J connectivity index is 1.87. The number of para-hydroxylation sites is 1. The Morgan fingerprint density at radius 1 is 0.958 bits per heavy atom. The lowest BCUT2D eigenvalue weighted by atomic mass is 10.0. The van der Waals surface area contributed by atoms with Gasteiger partial charge in [0.15, 0.2) is 0 Å². The highest BCUT2D eigenvalue weighted by Crippen LogP contribution is 2.26. The summed E-state index contributed by atoms with van der Waals surface area (Å²) in [5, 5.41) is 0. The monoisotopic (exact) mass is 350 g/mol. The molecule has 0 bridgehead atoms. The Labute approximate surface area is 142 Å². The molecule has 0 heterocycles. The van der Waals surface area contributed by atoms with Gasteiger partial charge < -0.3 is 9.47 Å². The molecule has 0 aliphatic rings. The topological polar surface area (TPSA) is 44.8 Å². The minimum atomic E-state index is -1.39. The SMILES string of the molecule is CC(C)(F)c1ccc(OCC(COc2ccccc2)OP=O)cc1. The van der Waals surface area contributed by atoms with E-state index in [9.17, 15) is 8.96 Å². The summed E-state index contributed by atoms with van der Waals surface area (Å²) in [5.41, 5.74) is -0.817. The van der Waals surface area contributed by atoms with Crippen molar-refractivity contribution in [2.45, 2.75) is 25.6 Å². The van der Waals surface area contributed by atoms with Gasteiger partial charge in [0, 0.05) is 0 Å². The molecule has 0 N–H and O–H groups in total. The van der Waals surface area contributed by atoms with Crippen molar-refractivity contribution in [3.8, 4) is 11.5 Å². The minimum absolute atomic E-state index is 0.167. The number of halogens is 1. The molecule has 1 atom stereocenters.